The van der Waals surface area contributed by atoms with Crippen molar-refractivity contribution in [2.75, 3.05) is 0 Å². The normalized spacial score (nSPS) is 27.8. The number of hydrogen-bond donors (Lipinski definition) is 1. The fourth-order valence-corrected chi connectivity index (χ4v) is 3.94. The molecule has 1 heterocycles. The number of nitrogens with zero attached hydrogens (tertiary/aromatic N) is 1. The number of halogens is 1. The van der Waals surface area contributed by atoms with Crippen molar-refractivity contribution in [1.29, 1.82) is 0 Å². The molecule has 1 aliphatic carbocycles. The summed E-state index contributed by atoms with van der Waals surface area (Å²) in [7, 11) is 0. The van der Waals surface area contributed by atoms with Crippen LogP contribution in [0.2, 0.25) is 0 Å². The van der Waals surface area contributed by atoms with Gasteiger partial charge in [0.05, 0.1) is 11.0 Å². The van der Waals surface area contributed by atoms with Gasteiger partial charge < -0.3 is 9.55 Å². The summed E-state index contributed by atoms with van der Waals surface area (Å²) in [6.45, 7) is 4.61. The summed E-state index contributed by atoms with van der Waals surface area (Å²) in [6, 6.07) is 5.31. The summed E-state index contributed by atoms with van der Waals surface area (Å²) in [5, 5.41) is 0. The number of nitrogens with one attached hydrogen (secondary N) is 1. The molecular weight excluding hydrogens is 259 g/mol. The summed E-state index contributed by atoms with van der Waals surface area (Å²) >= 11 is 5.44. The molecule has 1 aromatic heterocycles. The van der Waals surface area contributed by atoms with Crippen LogP contribution in [-0.4, -0.2) is 9.55 Å². The van der Waals surface area contributed by atoms with E-state index in [1.165, 1.54) is 18.6 Å². The highest BCUT2D eigenvalue weighted by Gasteiger charge is 2.26. The minimum atomic E-state index is -0.221. The molecule has 2 aromatic rings. The van der Waals surface area contributed by atoms with Crippen molar-refractivity contribution in [2.45, 2.75) is 39.2 Å². The van der Waals surface area contributed by atoms with Crippen molar-refractivity contribution in [3.05, 3.63) is 28.8 Å². The Morgan fingerprint density at radius 2 is 1.89 bits per heavy atom. The zero-order valence-electron chi connectivity index (χ0n) is 11.3. The molecule has 0 aliphatic heterocycles. The smallest absolute Gasteiger partial charge is 0.178 e. The van der Waals surface area contributed by atoms with Crippen LogP contribution >= 0.6 is 12.2 Å². The standard InChI is InChI=1S/C15H19FN2S/c1-9-5-10(2)7-12(6-9)18-14-4-3-11(16)8-13(14)17-15(18)19/h3-4,8-10,12H,5-7H2,1-2H3,(H,17,19). The highest BCUT2D eigenvalue weighted by Crippen LogP contribution is 2.37. The van der Waals surface area contributed by atoms with Gasteiger partial charge in [0.15, 0.2) is 4.77 Å². The molecule has 19 heavy (non-hydrogen) atoms. The number of imidazole rings is 1. The van der Waals surface area contributed by atoms with Crippen LogP contribution in [0.5, 0.6) is 0 Å². The number of aromatic amines is 1. The minimum absolute atomic E-state index is 0.221. The van der Waals surface area contributed by atoms with Crippen LogP contribution in [-0.2, 0) is 0 Å². The zero-order chi connectivity index (χ0) is 13.6. The van der Waals surface area contributed by atoms with Crippen LogP contribution < -0.4 is 0 Å². The van der Waals surface area contributed by atoms with Crippen molar-refractivity contribution in [2.24, 2.45) is 11.8 Å². The van der Waals surface area contributed by atoms with Gasteiger partial charge in [0.25, 0.3) is 0 Å². The fraction of sp³-hybridized carbons (Fsp3) is 0.533. The molecule has 2 atom stereocenters. The Hall–Kier alpha value is -1.16. The van der Waals surface area contributed by atoms with Crippen LogP contribution in [0.15, 0.2) is 18.2 Å². The second-order valence-electron chi connectivity index (χ2n) is 6.03. The van der Waals surface area contributed by atoms with Gasteiger partial charge in [-0.2, -0.15) is 0 Å². The van der Waals surface area contributed by atoms with E-state index < -0.39 is 0 Å². The number of H-pyrrole nitrogens is 1. The Morgan fingerprint density at radius 3 is 2.58 bits per heavy atom. The first-order chi connectivity index (χ1) is 9.04. The highest BCUT2D eigenvalue weighted by atomic mass is 32.1. The van der Waals surface area contributed by atoms with Gasteiger partial charge in [0, 0.05) is 6.04 Å². The monoisotopic (exact) mass is 278 g/mol. The van der Waals surface area contributed by atoms with Gasteiger partial charge in [-0.05, 0) is 61.5 Å². The summed E-state index contributed by atoms with van der Waals surface area (Å²) in [4.78, 5) is 3.13. The summed E-state index contributed by atoms with van der Waals surface area (Å²) in [6.07, 6.45) is 3.60. The summed E-state index contributed by atoms with van der Waals surface area (Å²) < 4.78 is 16.2. The molecular formula is C15H19FN2S. The van der Waals surface area contributed by atoms with Crippen molar-refractivity contribution >= 4 is 23.3 Å². The Bertz CT molecular complexity index is 648. The SMILES string of the molecule is CC1CC(C)CC(n2c(=S)[nH]c3cc(F)ccc32)C1. The largest absolute Gasteiger partial charge is 0.330 e. The molecule has 1 N–H and O–H groups in total. The number of aromatic nitrogens is 2. The Morgan fingerprint density at radius 1 is 1.21 bits per heavy atom. The van der Waals surface area contributed by atoms with E-state index in [0.29, 0.717) is 10.8 Å². The maximum Gasteiger partial charge on any atom is 0.178 e. The minimum Gasteiger partial charge on any atom is -0.330 e. The third kappa shape index (κ3) is 2.34. The first kappa shape index (κ1) is 12.9. The van der Waals surface area contributed by atoms with Gasteiger partial charge in [-0.25, -0.2) is 4.39 Å². The van der Waals surface area contributed by atoms with Crippen LogP contribution in [0.1, 0.15) is 39.2 Å². The van der Waals surface area contributed by atoms with E-state index in [1.807, 2.05) is 6.07 Å². The Kier molecular flexibility index (Phi) is 3.21. The lowest BCUT2D eigenvalue weighted by Gasteiger charge is -2.32. The molecule has 0 saturated heterocycles. The Labute approximate surface area is 117 Å². The molecule has 2 nitrogen and oxygen atoms in total. The van der Waals surface area contributed by atoms with E-state index >= 15 is 0 Å². The predicted molar refractivity (Wildman–Crippen MR) is 78.3 cm³/mol. The second-order valence-corrected chi connectivity index (χ2v) is 6.42. The van der Waals surface area contributed by atoms with Gasteiger partial charge in [-0.15, -0.1) is 0 Å². The van der Waals surface area contributed by atoms with E-state index in [2.05, 4.69) is 23.4 Å². The van der Waals surface area contributed by atoms with Crippen molar-refractivity contribution < 1.29 is 4.39 Å². The van der Waals surface area contributed by atoms with Gasteiger partial charge >= 0.3 is 0 Å². The predicted octanol–water partition coefficient (Wildman–Crippen LogP) is 4.84. The Balaban J connectivity index is 2.09. The highest BCUT2D eigenvalue weighted by molar-refractivity contribution is 7.71. The average molecular weight is 278 g/mol. The zero-order valence-corrected chi connectivity index (χ0v) is 12.1. The van der Waals surface area contributed by atoms with E-state index in [9.17, 15) is 4.39 Å². The summed E-state index contributed by atoms with van der Waals surface area (Å²) in [5.74, 6) is 1.23. The lowest BCUT2D eigenvalue weighted by molar-refractivity contribution is 0.223. The average Bonchev–Trinajstić information content (AvgIpc) is 2.62. The van der Waals surface area contributed by atoms with Crippen molar-refractivity contribution in [1.82, 2.24) is 9.55 Å². The molecule has 0 spiro atoms. The molecule has 3 rings (SSSR count). The number of hydrogen-bond acceptors (Lipinski definition) is 1. The molecule has 4 heteroatoms. The van der Waals surface area contributed by atoms with E-state index in [-0.39, 0.29) is 5.82 Å². The van der Waals surface area contributed by atoms with Crippen molar-refractivity contribution in [3.8, 4) is 0 Å². The van der Waals surface area contributed by atoms with Crippen LogP contribution in [0.25, 0.3) is 11.0 Å². The summed E-state index contributed by atoms with van der Waals surface area (Å²) in [5.41, 5.74) is 1.83. The second kappa shape index (κ2) is 4.75. The molecule has 2 unspecified atom stereocenters. The number of benzene rings is 1. The van der Waals surface area contributed by atoms with Crippen LogP contribution in [0, 0.1) is 22.4 Å². The van der Waals surface area contributed by atoms with Gasteiger partial charge in [-0.1, -0.05) is 13.8 Å². The van der Waals surface area contributed by atoms with E-state index in [0.717, 1.165) is 35.7 Å². The molecule has 1 fully saturated rings. The maximum atomic E-state index is 13.3. The molecule has 1 aliphatic rings. The molecule has 0 bridgehead atoms. The van der Waals surface area contributed by atoms with Crippen molar-refractivity contribution in [3.63, 3.8) is 0 Å². The quantitative estimate of drug-likeness (QED) is 0.741. The van der Waals surface area contributed by atoms with E-state index in [1.54, 1.807) is 0 Å². The van der Waals surface area contributed by atoms with E-state index in [4.69, 9.17) is 12.2 Å². The fourth-order valence-electron chi connectivity index (χ4n) is 3.58. The van der Waals surface area contributed by atoms with Crippen LogP contribution in [0.4, 0.5) is 4.39 Å². The van der Waals surface area contributed by atoms with Gasteiger partial charge in [0.2, 0.25) is 0 Å². The lowest BCUT2D eigenvalue weighted by Crippen LogP contribution is -2.22. The third-order valence-corrected chi connectivity index (χ3v) is 4.50. The first-order valence-corrected chi connectivity index (χ1v) is 7.35. The number of fused-ring (bicyclic) bond motifs is 1. The van der Waals surface area contributed by atoms with Gasteiger partial charge in [-0.3, -0.25) is 0 Å². The first-order valence-electron chi connectivity index (χ1n) is 6.94. The molecule has 1 saturated carbocycles. The molecule has 1 aromatic carbocycles. The maximum absolute atomic E-state index is 13.3. The molecule has 0 radical (unpaired) electrons. The van der Waals surface area contributed by atoms with Gasteiger partial charge in [0.1, 0.15) is 5.82 Å². The molecule has 102 valence electrons. The topological polar surface area (TPSA) is 20.7 Å². The number of rotatable bonds is 1. The molecule has 0 amide bonds. The lowest BCUT2D eigenvalue weighted by atomic mass is 9.80. The third-order valence-electron chi connectivity index (χ3n) is 4.20. The van der Waals surface area contributed by atoms with Crippen LogP contribution in [0.3, 0.4) is 0 Å².